The summed E-state index contributed by atoms with van der Waals surface area (Å²) in [6.07, 6.45) is 2.17. The van der Waals surface area contributed by atoms with E-state index in [2.05, 4.69) is 10.1 Å². The molecule has 0 saturated heterocycles. The Morgan fingerprint density at radius 2 is 2.00 bits per heavy atom. The molecule has 0 fully saturated rings. The first kappa shape index (κ1) is 12.6. The average Bonchev–Trinajstić information content (AvgIpc) is 2.82. The molecule has 0 aliphatic carbocycles. The normalized spacial score (nSPS) is 10.8. The maximum atomic E-state index is 10.9. The molecule has 100 valence electrons. The van der Waals surface area contributed by atoms with Crippen molar-refractivity contribution in [2.45, 2.75) is 6.42 Å². The van der Waals surface area contributed by atoms with Crippen LogP contribution in [-0.2, 0) is 6.42 Å². The minimum Gasteiger partial charge on any atom is -0.478 e. The third kappa shape index (κ3) is 2.48. The summed E-state index contributed by atoms with van der Waals surface area (Å²) in [6.45, 7) is 0. The SMILES string of the molecule is O=C(O)c1ccn2nc(Cc3ccc(Cl)cc3)nc2c1. The highest BCUT2D eigenvalue weighted by molar-refractivity contribution is 6.30. The van der Waals surface area contributed by atoms with E-state index in [1.165, 1.54) is 12.1 Å². The summed E-state index contributed by atoms with van der Waals surface area (Å²) in [5, 5.41) is 13.9. The number of nitrogens with zero attached hydrogens (tertiary/aromatic N) is 3. The van der Waals surface area contributed by atoms with Crippen molar-refractivity contribution in [1.29, 1.82) is 0 Å². The Bertz CT molecular complexity index is 781. The molecule has 6 heteroatoms. The molecule has 0 radical (unpaired) electrons. The molecule has 3 aromatic rings. The number of aromatic carboxylic acids is 1. The van der Waals surface area contributed by atoms with E-state index in [1.54, 1.807) is 10.7 Å². The van der Waals surface area contributed by atoms with Gasteiger partial charge in [-0.3, -0.25) is 0 Å². The van der Waals surface area contributed by atoms with Gasteiger partial charge < -0.3 is 5.11 Å². The third-order valence-corrected chi connectivity index (χ3v) is 3.16. The van der Waals surface area contributed by atoms with Crippen LogP contribution < -0.4 is 0 Å². The molecule has 1 aromatic carbocycles. The second-order valence-corrected chi connectivity index (χ2v) is 4.79. The smallest absolute Gasteiger partial charge is 0.335 e. The van der Waals surface area contributed by atoms with E-state index < -0.39 is 5.97 Å². The van der Waals surface area contributed by atoms with E-state index in [0.717, 1.165) is 5.56 Å². The summed E-state index contributed by atoms with van der Waals surface area (Å²) < 4.78 is 1.57. The van der Waals surface area contributed by atoms with Gasteiger partial charge in [0.2, 0.25) is 0 Å². The van der Waals surface area contributed by atoms with E-state index in [9.17, 15) is 4.79 Å². The first-order chi connectivity index (χ1) is 9.61. The van der Waals surface area contributed by atoms with Crippen molar-refractivity contribution in [3.8, 4) is 0 Å². The van der Waals surface area contributed by atoms with Crippen LogP contribution in [-0.4, -0.2) is 25.7 Å². The third-order valence-electron chi connectivity index (χ3n) is 2.90. The van der Waals surface area contributed by atoms with Gasteiger partial charge >= 0.3 is 5.97 Å². The Morgan fingerprint density at radius 3 is 2.70 bits per heavy atom. The summed E-state index contributed by atoms with van der Waals surface area (Å²) in [4.78, 5) is 15.2. The molecule has 0 unspecified atom stereocenters. The molecule has 0 bridgehead atoms. The number of rotatable bonds is 3. The van der Waals surface area contributed by atoms with E-state index >= 15 is 0 Å². The van der Waals surface area contributed by atoms with E-state index in [1.807, 2.05) is 24.3 Å². The quantitative estimate of drug-likeness (QED) is 0.804. The largest absolute Gasteiger partial charge is 0.478 e. The Balaban J connectivity index is 1.92. The fourth-order valence-corrected chi connectivity index (χ4v) is 2.05. The number of hydrogen-bond acceptors (Lipinski definition) is 3. The summed E-state index contributed by atoms with van der Waals surface area (Å²) in [6, 6.07) is 10.5. The number of hydrogen-bond donors (Lipinski definition) is 1. The highest BCUT2D eigenvalue weighted by Gasteiger charge is 2.08. The van der Waals surface area contributed by atoms with E-state index in [0.29, 0.717) is 22.9 Å². The van der Waals surface area contributed by atoms with Crippen molar-refractivity contribution in [2.24, 2.45) is 0 Å². The predicted molar refractivity (Wildman–Crippen MR) is 74.2 cm³/mol. The number of fused-ring (bicyclic) bond motifs is 1. The van der Waals surface area contributed by atoms with Crippen molar-refractivity contribution in [1.82, 2.24) is 14.6 Å². The topological polar surface area (TPSA) is 67.5 Å². The minimum atomic E-state index is -0.977. The molecular formula is C14H10ClN3O2. The van der Waals surface area contributed by atoms with Crippen molar-refractivity contribution in [3.63, 3.8) is 0 Å². The highest BCUT2D eigenvalue weighted by atomic mass is 35.5. The Kier molecular flexibility index (Phi) is 3.12. The van der Waals surface area contributed by atoms with Crippen LogP contribution >= 0.6 is 11.6 Å². The first-order valence-corrected chi connectivity index (χ1v) is 6.33. The Hall–Kier alpha value is -2.40. The molecule has 0 amide bonds. The molecule has 0 spiro atoms. The zero-order valence-electron chi connectivity index (χ0n) is 10.3. The van der Waals surface area contributed by atoms with Crippen LogP contribution in [0.2, 0.25) is 5.02 Å². The van der Waals surface area contributed by atoms with Crippen LogP contribution in [0.15, 0.2) is 42.6 Å². The molecule has 20 heavy (non-hydrogen) atoms. The van der Waals surface area contributed by atoms with Crippen molar-refractivity contribution < 1.29 is 9.90 Å². The van der Waals surface area contributed by atoms with Gasteiger partial charge in [-0.25, -0.2) is 14.3 Å². The Morgan fingerprint density at radius 1 is 1.25 bits per heavy atom. The van der Waals surface area contributed by atoms with Gasteiger partial charge in [0.05, 0.1) is 5.56 Å². The van der Waals surface area contributed by atoms with Gasteiger partial charge in [-0.1, -0.05) is 23.7 Å². The summed E-state index contributed by atoms with van der Waals surface area (Å²) in [5.74, 6) is -0.343. The van der Waals surface area contributed by atoms with Gasteiger partial charge in [-0.05, 0) is 29.8 Å². The minimum absolute atomic E-state index is 0.197. The lowest BCUT2D eigenvalue weighted by Gasteiger charge is -1.96. The lowest BCUT2D eigenvalue weighted by Crippen LogP contribution is -1.97. The number of carboxylic acids is 1. The molecule has 2 aromatic heterocycles. The standard InChI is InChI=1S/C14H10ClN3O2/c15-11-3-1-9(2-4-11)7-12-16-13-8-10(14(19)20)5-6-18(13)17-12/h1-6,8H,7H2,(H,19,20). The van der Waals surface area contributed by atoms with Crippen molar-refractivity contribution in [2.75, 3.05) is 0 Å². The molecule has 5 nitrogen and oxygen atoms in total. The zero-order chi connectivity index (χ0) is 14.1. The van der Waals surface area contributed by atoms with Crippen molar-refractivity contribution >= 4 is 23.2 Å². The van der Waals surface area contributed by atoms with Crippen LogP contribution in [0.5, 0.6) is 0 Å². The van der Waals surface area contributed by atoms with Gasteiger partial charge in [0.15, 0.2) is 11.5 Å². The maximum Gasteiger partial charge on any atom is 0.335 e. The number of carboxylic acid groups (broad SMARTS) is 1. The molecule has 0 aliphatic heterocycles. The van der Waals surface area contributed by atoms with Gasteiger partial charge in [-0.15, -0.1) is 0 Å². The number of carbonyl (C=O) groups is 1. The van der Waals surface area contributed by atoms with Crippen LogP contribution in [0.3, 0.4) is 0 Å². The molecule has 0 aliphatic rings. The monoisotopic (exact) mass is 287 g/mol. The van der Waals surface area contributed by atoms with Crippen LogP contribution in [0.4, 0.5) is 0 Å². The van der Waals surface area contributed by atoms with E-state index in [-0.39, 0.29) is 5.56 Å². The predicted octanol–water partition coefficient (Wildman–Crippen LogP) is 2.67. The second-order valence-electron chi connectivity index (χ2n) is 4.35. The summed E-state index contributed by atoms with van der Waals surface area (Å²) in [5.41, 5.74) is 1.76. The average molecular weight is 288 g/mol. The summed E-state index contributed by atoms with van der Waals surface area (Å²) >= 11 is 5.83. The molecular weight excluding hydrogens is 278 g/mol. The van der Waals surface area contributed by atoms with Crippen LogP contribution in [0.1, 0.15) is 21.7 Å². The fourth-order valence-electron chi connectivity index (χ4n) is 1.92. The lowest BCUT2D eigenvalue weighted by molar-refractivity contribution is 0.0697. The molecule has 0 saturated carbocycles. The molecule has 0 atom stereocenters. The number of pyridine rings is 1. The molecule has 3 rings (SSSR count). The number of halogens is 1. The lowest BCUT2D eigenvalue weighted by atomic mass is 10.1. The van der Waals surface area contributed by atoms with Crippen LogP contribution in [0.25, 0.3) is 5.65 Å². The highest BCUT2D eigenvalue weighted by Crippen LogP contribution is 2.13. The number of aromatic nitrogens is 3. The summed E-state index contributed by atoms with van der Waals surface area (Å²) in [7, 11) is 0. The first-order valence-electron chi connectivity index (χ1n) is 5.95. The maximum absolute atomic E-state index is 10.9. The molecule has 1 N–H and O–H groups in total. The van der Waals surface area contributed by atoms with Gasteiger partial charge in [0.25, 0.3) is 0 Å². The van der Waals surface area contributed by atoms with Gasteiger partial charge in [0.1, 0.15) is 0 Å². The zero-order valence-corrected chi connectivity index (χ0v) is 11.1. The van der Waals surface area contributed by atoms with Gasteiger partial charge in [-0.2, -0.15) is 5.10 Å². The van der Waals surface area contributed by atoms with Crippen molar-refractivity contribution in [3.05, 3.63) is 64.6 Å². The fraction of sp³-hybridized carbons (Fsp3) is 0.0714. The Labute approximate surface area is 119 Å². The van der Waals surface area contributed by atoms with Gasteiger partial charge in [0, 0.05) is 17.6 Å². The molecule has 2 heterocycles. The van der Waals surface area contributed by atoms with Crippen LogP contribution in [0, 0.1) is 0 Å². The number of benzene rings is 1. The van der Waals surface area contributed by atoms with E-state index in [4.69, 9.17) is 16.7 Å². The second kappa shape index (κ2) is 4.94.